The number of hydrogen-bond acceptors (Lipinski definition) is 4. The summed E-state index contributed by atoms with van der Waals surface area (Å²) in [4.78, 5) is 16.0. The normalized spacial score (nSPS) is 10.7. The van der Waals surface area contributed by atoms with E-state index in [9.17, 15) is 4.79 Å². The van der Waals surface area contributed by atoms with Crippen LogP contribution in [0.4, 0.5) is 0 Å². The van der Waals surface area contributed by atoms with E-state index in [4.69, 9.17) is 0 Å². The molecular formula is C9H10IN5O. The minimum absolute atomic E-state index is 0.0428. The predicted molar refractivity (Wildman–Crippen MR) is 66.1 cm³/mol. The van der Waals surface area contributed by atoms with E-state index >= 15 is 0 Å². The van der Waals surface area contributed by atoms with Gasteiger partial charge in [0.05, 0.1) is 22.1 Å². The van der Waals surface area contributed by atoms with Crippen LogP contribution in [0.5, 0.6) is 0 Å². The highest BCUT2D eigenvalue weighted by atomic mass is 127. The van der Waals surface area contributed by atoms with E-state index in [-0.39, 0.29) is 5.56 Å². The molecule has 2 heterocycles. The fourth-order valence-electron chi connectivity index (χ4n) is 1.30. The first-order valence-electron chi connectivity index (χ1n) is 4.64. The minimum Gasteiger partial charge on any atom is -0.292 e. The maximum atomic E-state index is 11.9. The Bertz CT molecular complexity index is 574. The average molecular weight is 331 g/mol. The molecule has 2 rings (SSSR count). The molecule has 0 aliphatic rings. The Hall–Kier alpha value is -1.25. The topological polar surface area (TPSA) is 65.6 Å². The highest BCUT2D eigenvalue weighted by Crippen LogP contribution is 2.02. The van der Waals surface area contributed by atoms with Gasteiger partial charge in [-0.05, 0) is 29.5 Å². The molecule has 0 fully saturated rings. The first kappa shape index (κ1) is 11.2. The number of rotatable bonds is 2. The zero-order valence-electron chi connectivity index (χ0n) is 8.88. The maximum Gasteiger partial charge on any atom is 0.267 e. The molecule has 16 heavy (non-hydrogen) atoms. The van der Waals surface area contributed by atoms with Crippen LogP contribution in [0.1, 0.15) is 11.4 Å². The lowest BCUT2D eigenvalue weighted by Gasteiger charge is -2.04. The van der Waals surface area contributed by atoms with Crippen molar-refractivity contribution in [2.45, 2.75) is 13.5 Å². The molecule has 0 N–H and O–H groups in total. The highest BCUT2D eigenvalue weighted by molar-refractivity contribution is 14.1. The third-order valence-electron chi connectivity index (χ3n) is 2.14. The summed E-state index contributed by atoms with van der Waals surface area (Å²) in [6, 6.07) is 0. The molecule has 2 aromatic rings. The van der Waals surface area contributed by atoms with Gasteiger partial charge in [0.2, 0.25) is 0 Å². The van der Waals surface area contributed by atoms with Crippen molar-refractivity contribution >= 4 is 22.6 Å². The first-order chi connectivity index (χ1) is 7.58. The fraction of sp³-hybridized carbons (Fsp3) is 0.333. The van der Waals surface area contributed by atoms with E-state index in [1.54, 1.807) is 17.9 Å². The third-order valence-corrected chi connectivity index (χ3v) is 3.38. The van der Waals surface area contributed by atoms with Gasteiger partial charge < -0.3 is 0 Å². The number of halogens is 1. The molecule has 0 spiro atoms. The molecule has 0 aliphatic carbocycles. The summed E-state index contributed by atoms with van der Waals surface area (Å²) < 4.78 is 3.77. The molecule has 84 valence electrons. The standard InChI is InChI=1S/C9H10IN5O/c1-6-8(10)9(16)15(5-11-6)4-7-3-14(2)13-12-7/h3,5H,4H2,1-2H3. The first-order valence-corrected chi connectivity index (χ1v) is 5.72. The smallest absolute Gasteiger partial charge is 0.267 e. The molecule has 0 amide bonds. The van der Waals surface area contributed by atoms with Crippen LogP contribution in [-0.2, 0) is 13.6 Å². The predicted octanol–water partition coefficient (Wildman–Crippen LogP) is 0.333. The lowest BCUT2D eigenvalue weighted by Crippen LogP contribution is -2.24. The van der Waals surface area contributed by atoms with Crippen LogP contribution in [-0.4, -0.2) is 24.5 Å². The molecule has 0 unspecified atom stereocenters. The van der Waals surface area contributed by atoms with Gasteiger partial charge in [-0.3, -0.25) is 14.0 Å². The lowest BCUT2D eigenvalue weighted by atomic mass is 10.4. The molecule has 0 aliphatic heterocycles. The van der Waals surface area contributed by atoms with Crippen LogP contribution in [0.15, 0.2) is 17.3 Å². The molecule has 0 aromatic carbocycles. The molecular weight excluding hydrogens is 321 g/mol. The Labute approximate surface area is 105 Å². The quantitative estimate of drug-likeness (QED) is 0.744. The number of aromatic nitrogens is 5. The molecule has 0 bridgehead atoms. The second-order valence-corrected chi connectivity index (χ2v) is 4.54. The van der Waals surface area contributed by atoms with Crippen molar-refractivity contribution in [3.05, 3.63) is 37.8 Å². The molecule has 0 radical (unpaired) electrons. The van der Waals surface area contributed by atoms with E-state index in [1.807, 2.05) is 29.5 Å². The Morgan fingerprint density at radius 3 is 2.88 bits per heavy atom. The van der Waals surface area contributed by atoms with Crippen molar-refractivity contribution in [2.75, 3.05) is 0 Å². The van der Waals surface area contributed by atoms with Gasteiger partial charge in [0.1, 0.15) is 5.69 Å². The van der Waals surface area contributed by atoms with Crippen molar-refractivity contribution in [1.29, 1.82) is 0 Å². The van der Waals surface area contributed by atoms with Crippen LogP contribution in [0, 0.1) is 10.5 Å². The lowest BCUT2D eigenvalue weighted by molar-refractivity contribution is 0.694. The van der Waals surface area contributed by atoms with E-state index in [0.717, 1.165) is 11.4 Å². The Morgan fingerprint density at radius 2 is 2.25 bits per heavy atom. The van der Waals surface area contributed by atoms with Gasteiger partial charge in [-0.1, -0.05) is 5.21 Å². The summed E-state index contributed by atoms with van der Waals surface area (Å²) in [5, 5.41) is 7.74. The Morgan fingerprint density at radius 1 is 1.50 bits per heavy atom. The zero-order chi connectivity index (χ0) is 11.7. The van der Waals surface area contributed by atoms with Crippen molar-refractivity contribution in [3.8, 4) is 0 Å². The number of hydrogen-bond donors (Lipinski definition) is 0. The monoisotopic (exact) mass is 331 g/mol. The SMILES string of the molecule is Cc1ncn(Cc2cn(C)nn2)c(=O)c1I. The molecule has 0 saturated heterocycles. The molecule has 6 nitrogen and oxygen atoms in total. The van der Waals surface area contributed by atoms with Gasteiger partial charge in [-0.2, -0.15) is 0 Å². The summed E-state index contributed by atoms with van der Waals surface area (Å²) >= 11 is 2.01. The second-order valence-electron chi connectivity index (χ2n) is 3.46. The Kier molecular flexibility index (Phi) is 3.03. The van der Waals surface area contributed by atoms with Crippen LogP contribution < -0.4 is 5.56 Å². The number of nitrogens with zero attached hydrogens (tertiary/aromatic N) is 5. The van der Waals surface area contributed by atoms with Crippen LogP contribution in [0.3, 0.4) is 0 Å². The molecule has 0 atom stereocenters. The molecule has 0 saturated carbocycles. The summed E-state index contributed by atoms with van der Waals surface area (Å²) in [5.74, 6) is 0. The summed E-state index contributed by atoms with van der Waals surface area (Å²) in [5.41, 5.74) is 1.45. The fourth-order valence-corrected chi connectivity index (χ4v) is 1.75. The van der Waals surface area contributed by atoms with Crippen molar-refractivity contribution < 1.29 is 0 Å². The van der Waals surface area contributed by atoms with Crippen LogP contribution >= 0.6 is 22.6 Å². The average Bonchev–Trinajstić information content (AvgIpc) is 2.65. The van der Waals surface area contributed by atoms with E-state index in [1.165, 1.54) is 10.9 Å². The van der Waals surface area contributed by atoms with Gasteiger partial charge in [0.15, 0.2) is 0 Å². The highest BCUT2D eigenvalue weighted by Gasteiger charge is 2.07. The van der Waals surface area contributed by atoms with Crippen LogP contribution in [0.2, 0.25) is 0 Å². The van der Waals surface area contributed by atoms with Crippen LogP contribution in [0.25, 0.3) is 0 Å². The maximum absolute atomic E-state index is 11.9. The number of aryl methyl sites for hydroxylation is 2. The van der Waals surface area contributed by atoms with Crippen molar-refractivity contribution in [2.24, 2.45) is 7.05 Å². The summed E-state index contributed by atoms with van der Waals surface area (Å²) in [7, 11) is 1.79. The zero-order valence-corrected chi connectivity index (χ0v) is 11.0. The van der Waals surface area contributed by atoms with Crippen molar-refractivity contribution in [3.63, 3.8) is 0 Å². The van der Waals surface area contributed by atoms with Gasteiger partial charge in [0.25, 0.3) is 5.56 Å². The van der Waals surface area contributed by atoms with Crippen molar-refractivity contribution in [1.82, 2.24) is 24.5 Å². The largest absolute Gasteiger partial charge is 0.292 e. The molecule has 7 heteroatoms. The van der Waals surface area contributed by atoms with E-state index in [0.29, 0.717) is 10.1 Å². The second kappa shape index (κ2) is 4.32. The molecule has 2 aromatic heterocycles. The van der Waals surface area contributed by atoms with Gasteiger partial charge in [-0.25, -0.2) is 4.98 Å². The van der Waals surface area contributed by atoms with E-state index in [2.05, 4.69) is 15.3 Å². The third kappa shape index (κ3) is 2.13. The summed E-state index contributed by atoms with van der Waals surface area (Å²) in [6.07, 6.45) is 3.31. The Balaban J connectivity index is 2.36. The summed E-state index contributed by atoms with van der Waals surface area (Å²) in [6.45, 7) is 2.21. The van der Waals surface area contributed by atoms with Gasteiger partial charge >= 0.3 is 0 Å². The van der Waals surface area contributed by atoms with Gasteiger partial charge in [0, 0.05) is 13.2 Å². The van der Waals surface area contributed by atoms with Gasteiger partial charge in [-0.15, -0.1) is 5.10 Å². The minimum atomic E-state index is -0.0428. The van der Waals surface area contributed by atoms with E-state index < -0.39 is 0 Å².